The van der Waals surface area contributed by atoms with Gasteiger partial charge in [-0.25, -0.2) is 4.98 Å². The standard InChI is InChI=1S/C18H24ClN/c1-5-9-18(10-6-2)14(4)13(3)7-8-15-12-20-17(19)11-16(15)18/h7-8,11-12,14H,3,5-6,9-10H2,1-2,4H3. The molecule has 1 heterocycles. The van der Waals surface area contributed by atoms with E-state index < -0.39 is 0 Å². The zero-order valence-corrected chi connectivity index (χ0v) is 13.5. The normalized spacial score (nSPS) is 20.6. The summed E-state index contributed by atoms with van der Waals surface area (Å²) in [7, 11) is 0. The molecule has 0 fully saturated rings. The highest BCUT2D eigenvalue weighted by Gasteiger charge is 2.39. The number of hydrogen-bond donors (Lipinski definition) is 0. The number of nitrogens with zero attached hydrogens (tertiary/aromatic N) is 1. The Kier molecular flexibility index (Phi) is 4.70. The molecule has 1 aromatic heterocycles. The first-order valence-electron chi connectivity index (χ1n) is 7.58. The van der Waals surface area contributed by atoms with Crippen LogP contribution in [0.15, 0.2) is 30.5 Å². The van der Waals surface area contributed by atoms with Gasteiger partial charge in [0.05, 0.1) is 0 Å². The first-order chi connectivity index (χ1) is 9.55. The highest BCUT2D eigenvalue weighted by atomic mass is 35.5. The minimum atomic E-state index is 0.131. The smallest absolute Gasteiger partial charge is 0.129 e. The van der Waals surface area contributed by atoms with Crippen molar-refractivity contribution in [2.75, 3.05) is 0 Å². The number of aromatic nitrogens is 1. The number of allylic oxidation sites excluding steroid dienone is 2. The van der Waals surface area contributed by atoms with Crippen molar-refractivity contribution in [3.8, 4) is 0 Å². The molecule has 1 aromatic rings. The second kappa shape index (κ2) is 6.13. The lowest BCUT2D eigenvalue weighted by Crippen LogP contribution is -2.34. The van der Waals surface area contributed by atoms with Crippen molar-refractivity contribution in [3.63, 3.8) is 0 Å². The third-order valence-corrected chi connectivity index (χ3v) is 4.90. The van der Waals surface area contributed by atoms with E-state index in [0.29, 0.717) is 11.1 Å². The van der Waals surface area contributed by atoms with Gasteiger partial charge in [0.1, 0.15) is 5.15 Å². The molecule has 0 spiro atoms. The van der Waals surface area contributed by atoms with Crippen molar-refractivity contribution >= 4 is 17.7 Å². The molecule has 0 bridgehead atoms. The second-order valence-corrected chi connectivity index (χ2v) is 6.27. The summed E-state index contributed by atoms with van der Waals surface area (Å²) in [5.74, 6) is 0.429. The Hall–Kier alpha value is -1.08. The van der Waals surface area contributed by atoms with Crippen LogP contribution in [0.1, 0.15) is 57.6 Å². The SMILES string of the molecule is C=C1C=Cc2cnc(Cl)cc2C(CCC)(CCC)C1C. The molecule has 0 saturated carbocycles. The van der Waals surface area contributed by atoms with E-state index in [1.165, 1.54) is 16.7 Å². The monoisotopic (exact) mass is 289 g/mol. The van der Waals surface area contributed by atoms with Gasteiger partial charge in [-0.3, -0.25) is 0 Å². The van der Waals surface area contributed by atoms with Gasteiger partial charge in [0.15, 0.2) is 0 Å². The molecule has 2 heteroatoms. The number of hydrogen-bond acceptors (Lipinski definition) is 1. The molecule has 0 radical (unpaired) electrons. The van der Waals surface area contributed by atoms with Gasteiger partial charge in [-0.05, 0) is 36.0 Å². The van der Waals surface area contributed by atoms with Gasteiger partial charge >= 0.3 is 0 Å². The van der Waals surface area contributed by atoms with Gasteiger partial charge in [0, 0.05) is 11.6 Å². The number of halogens is 1. The fourth-order valence-corrected chi connectivity index (χ4v) is 3.81. The van der Waals surface area contributed by atoms with E-state index in [0.717, 1.165) is 25.7 Å². The molecule has 1 aliphatic carbocycles. The van der Waals surface area contributed by atoms with Crippen molar-refractivity contribution in [3.05, 3.63) is 46.8 Å². The van der Waals surface area contributed by atoms with Gasteiger partial charge < -0.3 is 0 Å². The zero-order valence-electron chi connectivity index (χ0n) is 12.7. The molecule has 108 valence electrons. The topological polar surface area (TPSA) is 12.9 Å². The third-order valence-electron chi connectivity index (χ3n) is 4.69. The Balaban J connectivity index is 2.68. The van der Waals surface area contributed by atoms with Crippen LogP contribution in [0.4, 0.5) is 0 Å². The lowest BCUT2D eigenvalue weighted by atomic mass is 9.63. The van der Waals surface area contributed by atoms with E-state index in [1.807, 2.05) is 6.20 Å². The molecule has 0 aliphatic heterocycles. The highest BCUT2D eigenvalue weighted by molar-refractivity contribution is 6.29. The molecule has 20 heavy (non-hydrogen) atoms. The Morgan fingerprint density at radius 3 is 2.50 bits per heavy atom. The van der Waals surface area contributed by atoms with Gasteiger partial charge in [-0.2, -0.15) is 0 Å². The van der Waals surface area contributed by atoms with E-state index in [9.17, 15) is 0 Å². The van der Waals surface area contributed by atoms with Crippen LogP contribution in [0.5, 0.6) is 0 Å². The summed E-state index contributed by atoms with van der Waals surface area (Å²) in [4.78, 5) is 4.25. The van der Waals surface area contributed by atoms with E-state index in [1.54, 1.807) is 0 Å². The molecular formula is C18H24ClN. The summed E-state index contributed by atoms with van der Waals surface area (Å²) >= 11 is 6.18. The summed E-state index contributed by atoms with van der Waals surface area (Å²) in [6, 6.07) is 2.07. The second-order valence-electron chi connectivity index (χ2n) is 5.88. The third kappa shape index (κ3) is 2.56. The fourth-order valence-electron chi connectivity index (χ4n) is 3.65. The summed E-state index contributed by atoms with van der Waals surface area (Å²) < 4.78 is 0. The molecule has 0 saturated heterocycles. The molecule has 0 amide bonds. The van der Waals surface area contributed by atoms with E-state index in [-0.39, 0.29) is 5.41 Å². The first-order valence-corrected chi connectivity index (χ1v) is 7.96. The Bertz CT molecular complexity index is 524. The van der Waals surface area contributed by atoms with E-state index >= 15 is 0 Å². The predicted molar refractivity (Wildman–Crippen MR) is 88.1 cm³/mol. The number of pyridine rings is 1. The molecule has 0 aromatic carbocycles. The van der Waals surface area contributed by atoms with Crippen LogP contribution in [0.25, 0.3) is 6.08 Å². The fraction of sp³-hybridized carbons (Fsp3) is 0.500. The lowest BCUT2D eigenvalue weighted by Gasteiger charge is -2.40. The summed E-state index contributed by atoms with van der Waals surface area (Å²) in [5.41, 5.74) is 3.89. The maximum atomic E-state index is 6.18. The summed E-state index contributed by atoms with van der Waals surface area (Å²) in [6.45, 7) is 11.1. The van der Waals surface area contributed by atoms with Crippen molar-refractivity contribution in [1.82, 2.24) is 4.98 Å². The molecule has 1 unspecified atom stereocenters. The molecule has 2 rings (SSSR count). The highest BCUT2D eigenvalue weighted by Crippen LogP contribution is 2.47. The van der Waals surface area contributed by atoms with Crippen LogP contribution in [-0.4, -0.2) is 4.98 Å². The number of fused-ring (bicyclic) bond motifs is 1. The van der Waals surface area contributed by atoms with Crippen LogP contribution in [-0.2, 0) is 5.41 Å². The van der Waals surface area contributed by atoms with Crippen molar-refractivity contribution in [1.29, 1.82) is 0 Å². The van der Waals surface area contributed by atoms with Crippen LogP contribution < -0.4 is 0 Å². The average molecular weight is 290 g/mol. The predicted octanol–water partition coefficient (Wildman–Crippen LogP) is 5.79. The van der Waals surface area contributed by atoms with Crippen molar-refractivity contribution < 1.29 is 0 Å². The first kappa shape index (κ1) is 15.3. The molecule has 1 atom stereocenters. The quantitative estimate of drug-likeness (QED) is 0.639. The molecule has 1 nitrogen and oxygen atoms in total. The van der Waals surface area contributed by atoms with Crippen LogP contribution in [0.2, 0.25) is 5.15 Å². The van der Waals surface area contributed by atoms with Crippen LogP contribution in [0, 0.1) is 5.92 Å². The van der Waals surface area contributed by atoms with E-state index in [4.69, 9.17) is 11.6 Å². The molecular weight excluding hydrogens is 266 g/mol. The van der Waals surface area contributed by atoms with Gasteiger partial charge in [0.25, 0.3) is 0 Å². The van der Waals surface area contributed by atoms with Gasteiger partial charge in [-0.1, -0.05) is 69.5 Å². The maximum Gasteiger partial charge on any atom is 0.129 e. The van der Waals surface area contributed by atoms with Gasteiger partial charge in [-0.15, -0.1) is 0 Å². The summed E-state index contributed by atoms with van der Waals surface area (Å²) in [5, 5.41) is 0.591. The minimum absolute atomic E-state index is 0.131. The summed E-state index contributed by atoms with van der Waals surface area (Å²) in [6.07, 6.45) is 10.8. The van der Waals surface area contributed by atoms with E-state index in [2.05, 4.69) is 50.6 Å². The molecule has 0 N–H and O–H groups in total. The Labute approximate surface area is 127 Å². The van der Waals surface area contributed by atoms with Crippen molar-refractivity contribution in [2.24, 2.45) is 5.92 Å². The molecule has 1 aliphatic rings. The zero-order chi connectivity index (χ0) is 14.8. The lowest BCUT2D eigenvalue weighted by molar-refractivity contribution is 0.276. The van der Waals surface area contributed by atoms with Crippen molar-refractivity contribution in [2.45, 2.75) is 51.9 Å². The average Bonchev–Trinajstić information content (AvgIpc) is 2.52. The minimum Gasteiger partial charge on any atom is -0.244 e. The Morgan fingerprint density at radius 1 is 1.25 bits per heavy atom. The van der Waals surface area contributed by atoms with Gasteiger partial charge in [0.2, 0.25) is 0 Å². The largest absolute Gasteiger partial charge is 0.244 e. The van der Waals surface area contributed by atoms with Crippen LogP contribution in [0.3, 0.4) is 0 Å². The van der Waals surface area contributed by atoms with Crippen LogP contribution >= 0.6 is 11.6 Å². The number of rotatable bonds is 4. The Morgan fingerprint density at radius 2 is 1.90 bits per heavy atom. The maximum absolute atomic E-state index is 6.18.